The number of carbonyl (C=O) groups is 1. The molecule has 3 aromatic rings. The van der Waals surface area contributed by atoms with E-state index in [2.05, 4.69) is 10.2 Å². The monoisotopic (exact) mass is 364 g/mol. The van der Waals surface area contributed by atoms with Crippen LogP contribution in [0.2, 0.25) is 0 Å². The van der Waals surface area contributed by atoms with Crippen LogP contribution in [0.25, 0.3) is 5.65 Å². The topological polar surface area (TPSA) is 59.7 Å². The quantitative estimate of drug-likeness (QED) is 0.698. The number of aromatic nitrogens is 3. The van der Waals surface area contributed by atoms with Gasteiger partial charge in [-0.3, -0.25) is 9.20 Å². The molecule has 0 bridgehead atoms. The van der Waals surface area contributed by atoms with Crippen LogP contribution in [0, 0.1) is 0 Å². The number of carbonyl (C=O) groups excluding carboxylic acids is 1. The minimum Gasteiger partial charge on any atom is -0.364 e. The first-order valence-corrected chi connectivity index (χ1v) is 9.46. The minimum atomic E-state index is -0.435. The van der Waals surface area contributed by atoms with Gasteiger partial charge in [-0.15, -0.1) is 10.2 Å². The molecule has 1 amide bonds. The highest BCUT2D eigenvalue weighted by Gasteiger charge is 2.29. The summed E-state index contributed by atoms with van der Waals surface area (Å²) in [4.78, 5) is 14.6. The van der Waals surface area contributed by atoms with Crippen LogP contribution in [0.15, 0.2) is 54.7 Å². The van der Waals surface area contributed by atoms with Crippen LogP contribution in [0.1, 0.15) is 37.1 Å². The molecule has 0 spiro atoms. The van der Waals surface area contributed by atoms with Crippen LogP contribution in [0.4, 0.5) is 0 Å². The van der Waals surface area contributed by atoms with Crippen LogP contribution < -0.4 is 0 Å². The molecule has 4 rings (SSSR count). The van der Waals surface area contributed by atoms with E-state index in [1.54, 1.807) is 0 Å². The molecule has 0 radical (unpaired) electrons. The summed E-state index contributed by atoms with van der Waals surface area (Å²) in [6.07, 6.45) is 3.36. The largest absolute Gasteiger partial charge is 0.364 e. The fourth-order valence-electron chi connectivity index (χ4n) is 3.62. The van der Waals surface area contributed by atoms with Crippen molar-refractivity contribution in [3.8, 4) is 0 Å². The third-order valence-electron chi connectivity index (χ3n) is 5.20. The average molecular weight is 364 g/mol. The molecule has 0 N–H and O–H groups in total. The number of amides is 1. The van der Waals surface area contributed by atoms with Crippen molar-refractivity contribution in [2.45, 2.75) is 38.4 Å². The zero-order chi connectivity index (χ0) is 18.6. The van der Waals surface area contributed by atoms with Crippen molar-refractivity contribution in [2.24, 2.45) is 0 Å². The van der Waals surface area contributed by atoms with E-state index in [0.717, 1.165) is 43.0 Å². The van der Waals surface area contributed by atoms with Gasteiger partial charge < -0.3 is 9.64 Å². The zero-order valence-electron chi connectivity index (χ0n) is 15.5. The van der Waals surface area contributed by atoms with Crippen molar-refractivity contribution in [3.05, 3.63) is 66.1 Å². The highest BCUT2D eigenvalue weighted by atomic mass is 16.5. The van der Waals surface area contributed by atoms with Gasteiger partial charge in [-0.05, 0) is 37.5 Å². The van der Waals surface area contributed by atoms with E-state index in [4.69, 9.17) is 4.74 Å². The van der Waals surface area contributed by atoms with Crippen LogP contribution in [0.3, 0.4) is 0 Å². The van der Waals surface area contributed by atoms with E-state index >= 15 is 0 Å². The van der Waals surface area contributed by atoms with Crippen molar-refractivity contribution in [2.75, 3.05) is 13.1 Å². The maximum atomic E-state index is 12.7. The van der Waals surface area contributed by atoms with Gasteiger partial charge in [0, 0.05) is 25.2 Å². The third-order valence-corrected chi connectivity index (χ3v) is 5.20. The van der Waals surface area contributed by atoms with Gasteiger partial charge in [-0.25, -0.2) is 0 Å². The molecule has 6 heteroatoms. The molecule has 1 unspecified atom stereocenters. The summed E-state index contributed by atoms with van der Waals surface area (Å²) in [7, 11) is 0. The Bertz CT molecular complexity index is 901. The SMILES string of the molecule is CC(OCc1ccccc1)C(=O)N1CCC(c2nnc3ccccn23)CC1. The first-order chi connectivity index (χ1) is 13.2. The molecule has 0 aliphatic carbocycles. The molecular formula is C21H24N4O2. The molecule has 1 aliphatic rings. The molecule has 3 heterocycles. The first kappa shape index (κ1) is 17.7. The van der Waals surface area contributed by atoms with Gasteiger partial charge in [0.05, 0.1) is 6.61 Å². The van der Waals surface area contributed by atoms with E-state index in [0.29, 0.717) is 12.5 Å². The predicted molar refractivity (Wildman–Crippen MR) is 102 cm³/mol. The van der Waals surface area contributed by atoms with Gasteiger partial charge in [-0.1, -0.05) is 36.4 Å². The molecule has 6 nitrogen and oxygen atoms in total. The standard InChI is InChI=1S/C21H24N4O2/c1-16(27-15-17-7-3-2-4-8-17)21(26)24-13-10-18(11-14-24)20-23-22-19-9-5-6-12-25(19)20/h2-9,12,16,18H,10-11,13-15H2,1H3. The lowest BCUT2D eigenvalue weighted by atomic mass is 9.95. The van der Waals surface area contributed by atoms with Gasteiger partial charge in [-0.2, -0.15) is 0 Å². The number of hydrogen-bond donors (Lipinski definition) is 0. The molecular weight excluding hydrogens is 340 g/mol. The Kier molecular flexibility index (Phi) is 5.16. The Balaban J connectivity index is 1.32. The van der Waals surface area contributed by atoms with Gasteiger partial charge >= 0.3 is 0 Å². The van der Waals surface area contributed by atoms with Crippen LogP contribution in [-0.2, 0) is 16.1 Å². The summed E-state index contributed by atoms with van der Waals surface area (Å²) >= 11 is 0. The number of hydrogen-bond acceptors (Lipinski definition) is 4. The summed E-state index contributed by atoms with van der Waals surface area (Å²) in [5.41, 5.74) is 1.95. The van der Waals surface area contributed by atoms with E-state index in [1.165, 1.54) is 0 Å². The van der Waals surface area contributed by atoms with Crippen molar-refractivity contribution in [1.82, 2.24) is 19.5 Å². The van der Waals surface area contributed by atoms with Gasteiger partial charge in [0.15, 0.2) is 5.65 Å². The Morgan fingerprint density at radius 3 is 2.63 bits per heavy atom. The fourth-order valence-corrected chi connectivity index (χ4v) is 3.62. The second-order valence-corrected chi connectivity index (χ2v) is 7.03. The average Bonchev–Trinajstić information content (AvgIpc) is 3.16. The van der Waals surface area contributed by atoms with Crippen molar-refractivity contribution < 1.29 is 9.53 Å². The van der Waals surface area contributed by atoms with Crippen molar-refractivity contribution in [1.29, 1.82) is 0 Å². The molecule has 2 aromatic heterocycles. The Labute approximate surface area is 158 Å². The molecule has 1 atom stereocenters. The maximum absolute atomic E-state index is 12.7. The smallest absolute Gasteiger partial charge is 0.251 e. The Morgan fingerprint density at radius 2 is 1.85 bits per heavy atom. The predicted octanol–water partition coefficient (Wildman–Crippen LogP) is 3.04. The van der Waals surface area contributed by atoms with Crippen molar-refractivity contribution in [3.63, 3.8) is 0 Å². The number of ether oxygens (including phenoxy) is 1. The lowest BCUT2D eigenvalue weighted by Crippen LogP contribution is -2.43. The maximum Gasteiger partial charge on any atom is 0.251 e. The van der Waals surface area contributed by atoms with Crippen LogP contribution in [-0.4, -0.2) is 44.6 Å². The highest BCUT2D eigenvalue weighted by molar-refractivity contribution is 5.80. The summed E-state index contributed by atoms with van der Waals surface area (Å²) < 4.78 is 7.83. The molecule has 140 valence electrons. The number of pyridine rings is 1. The third kappa shape index (κ3) is 3.85. The fraction of sp³-hybridized carbons (Fsp3) is 0.381. The van der Waals surface area contributed by atoms with E-state index in [-0.39, 0.29) is 5.91 Å². The number of rotatable bonds is 5. The number of benzene rings is 1. The van der Waals surface area contributed by atoms with E-state index < -0.39 is 6.10 Å². The molecule has 1 aliphatic heterocycles. The van der Waals surface area contributed by atoms with Crippen LogP contribution in [0.5, 0.6) is 0 Å². The second kappa shape index (κ2) is 7.88. The van der Waals surface area contributed by atoms with Crippen LogP contribution >= 0.6 is 0 Å². The van der Waals surface area contributed by atoms with Gasteiger partial charge in [0.1, 0.15) is 11.9 Å². The Morgan fingerprint density at radius 1 is 1.11 bits per heavy atom. The lowest BCUT2D eigenvalue weighted by molar-refractivity contribution is -0.144. The van der Waals surface area contributed by atoms with Gasteiger partial charge in [0.2, 0.25) is 0 Å². The molecule has 0 saturated carbocycles. The summed E-state index contributed by atoms with van der Waals surface area (Å²) in [6, 6.07) is 15.9. The molecule has 1 aromatic carbocycles. The second-order valence-electron chi connectivity index (χ2n) is 7.03. The molecule has 27 heavy (non-hydrogen) atoms. The molecule has 1 fully saturated rings. The number of likely N-dealkylation sites (tertiary alicyclic amines) is 1. The first-order valence-electron chi connectivity index (χ1n) is 9.46. The molecule has 1 saturated heterocycles. The van der Waals surface area contributed by atoms with Gasteiger partial charge in [0.25, 0.3) is 5.91 Å². The highest BCUT2D eigenvalue weighted by Crippen LogP contribution is 2.27. The van der Waals surface area contributed by atoms with E-state index in [1.807, 2.05) is 71.0 Å². The Hall–Kier alpha value is -2.73. The van der Waals surface area contributed by atoms with Crippen molar-refractivity contribution >= 4 is 11.6 Å². The summed E-state index contributed by atoms with van der Waals surface area (Å²) in [5, 5.41) is 8.61. The lowest BCUT2D eigenvalue weighted by Gasteiger charge is -2.32. The number of nitrogens with zero attached hydrogens (tertiary/aromatic N) is 4. The zero-order valence-corrected chi connectivity index (χ0v) is 15.5. The number of fused-ring (bicyclic) bond motifs is 1. The summed E-state index contributed by atoms with van der Waals surface area (Å²) in [6.45, 7) is 3.74. The number of piperidine rings is 1. The minimum absolute atomic E-state index is 0.0653. The summed E-state index contributed by atoms with van der Waals surface area (Å²) in [5.74, 6) is 1.38. The normalized spacial score (nSPS) is 16.6. The van der Waals surface area contributed by atoms with E-state index in [9.17, 15) is 4.79 Å².